The summed E-state index contributed by atoms with van der Waals surface area (Å²) in [6, 6.07) is 5.13. The van der Waals surface area contributed by atoms with Crippen LogP contribution in [0.2, 0.25) is 0 Å². The van der Waals surface area contributed by atoms with E-state index in [4.69, 9.17) is 4.55 Å². The molecular weight excluding hydrogens is 190 g/mol. The monoisotopic (exact) mass is 201 g/mol. The number of rotatable bonds is 3. The Kier molecular flexibility index (Phi) is 3.27. The molecule has 72 valence electrons. The third-order valence-electron chi connectivity index (χ3n) is 1.65. The summed E-state index contributed by atoms with van der Waals surface area (Å²) in [5.74, 6) is 0.371. The minimum absolute atomic E-state index is 0.371. The van der Waals surface area contributed by atoms with Crippen LogP contribution in [0.25, 0.3) is 0 Å². The van der Waals surface area contributed by atoms with Gasteiger partial charge in [-0.3, -0.25) is 4.55 Å². The minimum Gasteiger partial charge on any atom is -0.388 e. The van der Waals surface area contributed by atoms with Crippen LogP contribution in [0.15, 0.2) is 18.2 Å². The van der Waals surface area contributed by atoms with Crippen molar-refractivity contribution < 1.29 is 12.9 Å². The van der Waals surface area contributed by atoms with Gasteiger partial charge in [0.2, 0.25) is 0 Å². The molecule has 0 fully saturated rings. The number of nitrogens with one attached hydrogen (secondary N) is 1. The summed E-state index contributed by atoms with van der Waals surface area (Å²) in [5.41, 5.74) is 1.93. The Hall–Kier alpha value is -1.07. The van der Waals surface area contributed by atoms with Gasteiger partial charge in [-0.25, -0.2) is 0 Å². The highest BCUT2D eigenvalue weighted by Gasteiger charge is 2.01. The molecule has 0 saturated carbocycles. The molecule has 1 atom stereocenters. The molecule has 0 aromatic heterocycles. The summed E-state index contributed by atoms with van der Waals surface area (Å²) in [7, 11) is 1.78. The molecule has 13 heavy (non-hydrogen) atoms. The Morgan fingerprint density at radius 2 is 2.23 bits per heavy atom. The van der Waals surface area contributed by atoms with Gasteiger partial charge in [-0.2, -0.15) is 4.21 Å². The topological polar surface area (TPSA) is 58.6 Å². The minimum atomic E-state index is -2.26. The highest BCUT2D eigenvalue weighted by molar-refractivity contribution is 7.74. The van der Waals surface area contributed by atoms with Gasteiger partial charge in [0.25, 0.3) is 0 Å². The normalized spacial score (nSPS) is 12.2. The average Bonchev–Trinajstić information content (AvgIpc) is 2.07. The summed E-state index contributed by atoms with van der Waals surface area (Å²) < 4.78 is 23.4. The van der Waals surface area contributed by atoms with Crippen LogP contribution in [0.4, 0.5) is 5.69 Å². The Bertz CT molecular complexity index is 327. The van der Waals surface area contributed by atoms with E-state index in [1.807, 2.05) is 13.0 Å². The van der Waals surface area contributed by atoms with E-state index in [1.54, 1.807) is 19.2 Å². The van der Waals surface area contributed by atoms with Gasteiger partial charge >= 0.3 is 11.4 Å². The largest absolute Gasteiger partial charge is 0.388 e. The lowest BCUT2D eigenvalue weighted by molar-refractivity contribution is 0.458. The highest BCUT2D eigenvalue weighted by Crippen LogP contribution is 2.21. The number of hydrogen-bond donors (Lipinski definition) is 2. The molecule has 4 nitrogen and oxygen atoms in total. The fraction of sp³-hybridized carbons (Fsp3) is 0.250. The Morgan fingerprint density at radius 3 is 2.77 bits per heavy atom. The number of anilines is 1. The van der Waals surface area contributed by atoms with Gasteiger partial charge in [-0.1, -0.05) is 6.07 Å². The van der Waals surface area contributed by atoms with E-state index < -0.39 is 11.4 Å². The van der Waals surface area contributed by atoms with Crippen molar-refractivity contribution in [3.63, 3.8) is 0 Å². The van der Waals surface area contributed by atoms with E-state index in [1.165, 1.54) is 0 Å². The van der Waals surface area contributed by atoms with Gasteiger partial charge in [0.15, 0.2) is 0 Å². The zero-order valence-electron chi connectivity index (χ0n) is 7.40. The fourth-order valence-corrected chi connectivity index (χ4v) is 1.27. The van der Waals surface area contributed by atoms with Gasteiger partial charge < -0.3 is 9.50 Å². The van der Waals surface area contributed by atoms with Crippen LogP contribution >= 0.6 is 0 Å². The van der Waals surface area contributed by atoms with Crippen molar-refractivity contribution in [2.45, 2.75) is 6.92 Å². The third kappa shape index (κ3) is 2.71. The summed E-state index contributed by atoms with van der Waals surface area (Å²) in [5, 5.41) is 2.95. The highest BCUT2D eigenvalue weighted by atomic mass is 32.2. The molecule has 0 spiro atoms. The summed E-state index contributed by atoms with van der Waals surface area (Å²) in [6.45, 7) is 1.94. The van der Waals surface area contributed by atoms with E-state index in [0.717, 1.165) is 11.3 Å². The van der Waals surface area contributed by atoms with Gasteiger partial charge in [-0.15, -0.1) is 0 Å². The molecule has 0 aliphatic heterocycles. The van der Waals surface area contributed by atoms with Crippen LogP contribution in [0.5, 0.6) is 5.75 Å². The van der Waals surface area contributed by atoms with Gasteiger partial charge in [0.05, 0.1) is 0 Å². The second kappa shape index (κ2) is 4.25. The molecule has 0 heterocycles. The second-order valence-electron chi connectivity index (χ2n) is 2.53. The maximum Gasteiger partial charge on any atom is 0.357 e. The van der Waals surface area contributed by atoms with Crippen molar-refractivity contribution in [3.8, 4) is 5.75 Å². The zero-order valence-corrected chi connectivity index (χ0v) is 8.22. The van der Waals surface area contributed by atoms with Crippen LogP contribution in [0, 0.1) is 6.92 Å². The van der Waals surface area contributed by atoms with E-state index in [2.05, 4.69) is 9.50 Å². The first-order valence-corrected chi connectivity index (χ1v) is 4.74. The van der Waals surface area contributed by atoms with Gasteiger partial charge in [0.1, 0.15) is 5.75 Å². The van der Waals surface area contributed by atoms with Crippen LogP contribution in [-0.4, -0.2) is 15.8 Å². The molecular formula is C8H11NO3S. The first-order chi connectivity index (χ1) is 6.13. The summed E-state index contributed by atoms with van der Waals surface area (Å²) in [6.07, 6.45) is 0. The molecule has 5 heteroatoms. The van der Waals surface area contributed by atoms with Crippen molar-refractivity contribution in [1.29, 1.82) is 0 Å². The maximum atomic E-state index is 10.3. The van der Waals surface area contributed by atoms with E-state index in [9.17, 15) is 4.21 Å². The molecule has 1 aromatic rings. The molecule has 0 aliphatic rings. The molecule has 2 N–H and O–H groups in total. The number of benzene rings is 1. The molecule has 0 radical (unpaired) electrons. The summed E-state index contributed by atoms with van der Waals surface area (Å²) >= 11 is -2.26. The fourth-order valence-electron chi connectivity index (χ4n) is 1.00. The van der Waals surface area contributed by atoms with Crippen molar-refractivity contribution in [2.75, 3.05) is 12.4 Å². The predicted molar refractivity (Wildman–Crippen MR) is 52.1 cm³/mol. The van der Waals surface area contributed by atoms with Crippen molar-refractivity contribution in [1.82, 2.24) is 0 Å². The molecule has 0 saturated heterocycles. The third-order valence-corrected chi connectivity index (χ3v) is 1.98. The van der Waals surface area contributed by atoms with Crippen LogP contribution in [0.3, 0.4) is 0 Å². The van der Waals surface area contributed by atoms with Crippen molar-refractivity contribution in [2.24, 2.45) is 0 Å². The second-order valence-corrected chi connectivity index (χ2v) is 3.13. The molecule has 0 bridgehead atoms. The molecule has 1 rings (SSSR count). The number of hydrogen-bond acceptors (Lipinski definition) is 3. The SMILES string of the molecule is CNc1cc(OS(=O)O)ccc1C. The molecule has 1 unspecified atom stereocenters. The van der Waals surface area contributed by atoms with Crippen LogP contribution in [0.1, 0.15) is 5.56 Å². The van der Waals surface area contributed by atoms with Crippen molar-refractivity contribution >= 4 is 17.0 Å². The first kappa shape index (κ1) is 10.0. The smallest absolute Gasteiger partial charge is 0.357 e. The number of aryl methyl sites for hydroxylation is 1. The van der Waals surface area contributed by atoms with E-state index in [0.29, 0.717) is 5.75 Å². The predicted octanol–water partition coefficient (Wildman–Crippen LogP) is 1.55. The van der Waals surface area contributed by atoms with Crippen LogP contribution in [-0.2, 0) is 11.4 Å². The van der Waals surface area contributed by atoms with E-state index in [-0.39, 0.29) is 0 Å². The van der Waals surface area contributed by atoms with Crippen LogP contribution < -0.4 is 9.50 Å². The zero-order chi connectivity index (χ0) is 9.84. The van der Waals surface area contributed by atoms with Gasteiger partial charge in [-0.05, 0) is 18.6 Å². The van der Waals surface area contributed by atoms with Gasteiger partial charge in [0, 0.05) is 18.8 Å². The quantitative estimate of drug-likeness (QED) is 0.728. The molecule has 1 aromatic carbocycles. The lowest BCUT2D eigenvalue weighted by Gasteiger charge is -2.06. The maximum absolute atomic E-state index is 10.3. The Morgan fingerprint density at radius 1 is 1.54 bits per heavy atom. The van der Waals surface area contributed by atoms with E-state index >= 15 is 0 Å². The lowest BCUT2D eigenvalue weighted by atomic mass is 10.2. The molecule has 0 aliphatic carbocycles. The first-order valence-electron chi connectivity index (χ1n) is 3.71. The Balaban J connectivity index is 2.92. The molecule has 0 amide bonds. The lowest BCUT2D eigenvalue weighted by Crippen LogP contribution is -1.99. The average molecular weight is 201 g/mol. The standard InChI is InChI=1S/C8H11NO3S/c1-6-3-4-7(12-13(10)11)5-8(6)9-2/h3-5,9H,1-2H3,(H,10,11). The summed E-state index contributed by atoms with van der Waals surface area (Å²) in [4.78, 5) is 0. The van der Waals surface area contributed by atoms with Crippen molar-refractivity contribution in [3.05, 3.63) is 23.8 Å². The Labute approximate surface area is 79.4 Å².